The smallest absolute Gasteiger partial charge is 0.265 e. The largest absolute Gasteiger partial charge is 0.336 e. The summed E-state index contributed by atoms with van der Waals surface area (Å²) in [5.41, 5.74) is 8.29. The number of rotatable bonds is 8. The van der Waals surface area contributed by atoms with E-state index in [4.69, 9.17) is 5.10 Å². The standard InChI is InChI=1S/C36H41N5O2/c1-5-25-8-7-9-26(6-2)34(25)41-33(22-24(3)4)31(35(42)39-20-17-37-18-21-39)23-30(36(41)43)32-16-19-40(38-32)29-14-12-28(13-15-29)27-10-11-27/h7-9,12-16,19,22-23,27,37H,5-6,10-11,17-18,20-21H2,1-4H3. The van der Waals surface area contributed by atoms with Gasteiger partial charge in [-0.1, -0.05) is 49.8 Å². The van der Waals surface area contributed by atoms with E-state index in [2.05, 4.69) is 61.6 Å². The van der Waals surface area contributed by atoms with Crippen LogP contribution in [-0.2, 0) is 12.8 Å². The highest BCUT2D eigenvalue weighted by molar-refractivity contribution is 5.99. The Bertz CT molecular complexity index is 1710. The molecule has 0 spiro atoms. The van der Waals surface area contributed by atoms with Gasteiger partial charge in [-0.15, -0.1) is 0 Å². The van der Waals surface area contributed by atoms with Crippen LogP contribution in [0.5, 0.6) is 0 Å². The van der Waals surface area contributed by atoms with Crippen LogP contribution in [0.15, 0.2) is 71.2 Å². The van der Waals surface area contributed by atoms with Crippen molar-refractivity contribution in [3.63, 3.8) is 0 Å². The summed E-state index contributed by atoms with van der Waals surface area (Å²) in [6.07, 6.45) is 7.92. The lowest BCUT2D eigenvalue weighted by atomic mass is 9.99. The van der Waals surface area contributed by atoms with Crippen LogP contribution in [0.3, 0.4) is 0 Å². The molecule has 7 nitrogen and oxygen atoms in total. The topological polar surface area (TPSA) is 72.2 Å². The number of carbonyl (C=O) groups excluding carboxylic acids is 1. The van der Waals surface area contributed by atoms with Gasteiger partial charge in [0.05, 0.1) is 33.9 Å². The molecule has 222 valence electrons. The second kappa shape index (κ2) is 12.2. The van der Waals surface area contributed by atoms with Gasteiger partial charge in [0, 0.05) is 32.4 Å². The van der Waals surface area contributed by atoms with E-state index in [1.54, 1.807) is 10.6 Å². The zero-order valence-electron chi connectivity index (χ0n) is 25.7. The summed E-state index contributed by atoms with van der Waals surface area (Å²) in [6.45, 7) is 11.0. The predicted molar refractivity (Wildman–Crippen MR) is 173 cm³/mol. The number of nitrogens with zero attached hydrogens (tertiary/aromatic N) is 4. The highest BCUT2D eigenvalue weighted by Crippen LogP contribution is 2.40. The van der Waals surface area contributed by atoms with Crippen LogP contribution in [0.4, 0.5) is 0 Å². The van der Waals surface area contributed by atoms with E-state index in [9.17, 15) is 9.59 Å². The molecule has 1 amide bonds. The Morgan fingerprint density at radius 2 is 1.65 bits per heavy atom. The maximum absolute atomic E-state index is 14.7. The Hall–Kier alpha value is -4.23. The molecular formula is C36H41N5O2. The highest BCUT2D eigenvalue weighted by atomic mass is 16.2. The number of amides is 1. The van der Waals surface area contributed by atoms with Gasteiger partial charge < -0.3 is 10.2 Å². The maximum atomic E-state index is 14.7. The average molecular weight is 576 g/mol. The summed E-state index contributed by atoms with van der Waals surface area (Å²) < 4.78 is 3.61. The van der Waals surface area contributed by atoms with Crippen molar-refractivity contribution in [3.05, 3.63) is 105 Å². The number of nitrogens with one attached hydrogen (secondary N) is 1. The molecule has 2 fully saturated rings. The number of aryl methyl sites for hydroxylation is 2. The van der Waals surface area contributed by atoms with E-state index in [1.807, 2.05) is 41.8 Å². The van der Waals surface area contributed by atoms with Gasteiger partial charge in [-0.2, -0.15) is 5.10 Å². The Labute approximate surface area is 253 Å². The number of aromatic nitrogens is 3. The van der Waals surface area contributed by atoms with Crippen molar-refractivity contribution in [2.75, 3.05) is 26.2 Å². The third-order valence-electron chi connectivity index (χ3n) is 8.56. The maximum Gasteiger partial charge on any atom is 0.265 e. The summed E-state index contributed by atoms with van der Waals surface area (Å²) in [7, 11) is 0. The Morgan fingerprint density at radius 1 is 0.977 bits per heavy atom. The number of hydrogen-bond acceptors (Lipinski definition) is 4. The van der Waals surface area contributed by atoms with Gasteiger partial charge in [-0.25, -0.2) is 4.68 Å². The fourth-order valence-electron chi connectivity index (χ4n) is 6.09. The minimum absolute atomic E-state index is 0.0638. The molecule has 1 saturated heterocycles. The minimum Gasteiger partial charge on any atom is -0.336 e. The fraction of sp³-hybridized carbons (Fsp3) is 0.361. The van der Waals surface area contributed by atoms with E-state index in [-0.39, 0.29) is 11.5 Å². The number of para-hydroxylation sites is 1. The first-order valence-corrected chi connectivity index (χ1v) is 15.6. The normalized spacial score (nSPS) is 15.0. The highest BCUT2D eigenvalue weighted by Gasteiger charge is 2.27. The molecule has 1 aliphatic carbocycles. The van der Waals surface area contributed by atoms with Gasteiger partial charge in [-0.3, -0.25) is 14.2 Å². The number of benzene rings is 2. The van der Waals surface area contributed by atoms with Crippen LogP contribution >= 0.6 is 0 Å². The molecule has 7 heteroatoms. The van der Waals surface area contributed by atoms with E-state index in [0.717, 1.165) is 54.0 Å². The zero-order chi connectivity index (χ0) is 30.1. The fourth-order valence-corrected chi connectivity index (χ4v) is 6.09. The summed E-state index contributed by atoms with van der Waals surface area (Å²) >= 11 is 0. The molecule has 0 bridgehead atoms. The molecule has 2 aromatic heterocycles. The second-order valence-corrected chi connectivity index (χ2v) is 11.9. The van der Waals surface area contributed by atoms with Gasteiger partial charge in [0.2, 0.25) is 0 Å². The predicted octanol–water partition coefficient (Wildman–Crippen LogP) is 6.16. The van der Waals surface area contributed by atoms with Crippen molar-refractivity contribution in [2.24, 2.45) is 0 Å². The van der Waals surface area contributed by atoms with Crippen LogP contribution in [0.2, 0.25) is 0 Å². The molecule has 2 aromatic carbocycles. The van der Waals surface area contributed by atoms with Crippen LogP contribution in [0.1, 0.15) is 79.2 Å². The van der Waals surface area contributed by atoms with Crippen molar-refractivity contribution < 1.29 is 4.79 Å². The van der Waals surface area contributed by atoms with Crippen molar-refractivity contribution in [3.8, 4) is 22.6 Å². The van der Waals surface area contributed by atoms with E-state index >= 15 is 0 Å². The van der Waals surface area contributed by atoms with Crippen molar-refractivity contribution in [1.82, 2.24) is 24.6 Å². The lowest BCUT2D eigenvalue weighted by Crippen LogP contribution is -2.47. The van der Waals surface area contributed by atoms with Crippen LogP contribution in [0, 0.1) is 0 Å². The zero-order valence-corrected chi connectivity index (χ0v) is 25.7. The lowest BCUT2D eigenvalue weighted by Gasteiger charge is -2.29. The summed E-state index contributed by atoms with van der Waals surface area (Å²) in [4.78, 5) is 30.8. The number of allylic oxidation sites excluding steroid dienone is 1. The van der Waals surface area contributed by atoms with Crippen molar-refractivity contribution in [2.45, 2.75) is 59.3 Å². The third-order valence-corrected chi connectivity index (χ3v) is 8.56. The first-order chi connectivity index (χ1) is 20.9. The SMILES string of the molecule is CCc1cccc(CC)c1-n1c(C=C(C)C)c(C(=O)N2CCNCC2)cc(-c2ccn(-c3ccc(C4CC4)cc3)n2)c1=O. The molecule has 1 saturated carbocycles. The molecule has 3 heterocycles. The minimum atomic E-state index is -0.172. The Morgan fingerprint density at radius 3 is 2.26 bits per heavy atom. The molecule has 1 N–H and O–H groups in total. The first kappa shape index (κ1) is 28.9. The van der Waals surface area contributed by atoms with Crippen molar-refractivity contribution >= 4 is 12.0 Å². The lowest BCUT2D eigenvalue weighted by molar-refractivity contribution is 0.0735. The van der Waals surface area contributed by atoms with Gasteiger partial charge in [0.1, 0.15) is 0 Å². The quantitative estimate of drug-likeness (QED) is 0.273. The summed E-state index contributed by atoms with van der Waals surface area (Å²) in [6, 6.07) is 18.4. The second-order valence-electron chi connectivity index (χ2n) is 11.9. The summed E-state index contributed by atoms with van der Waals surface area (Å²) in [5.74, 6) is 0.622. The monoisotopic (exact) mass is 575 g/mol. The molecule has 1 aliphatic heterocycles. The van der Waals surface area contributed by atoms with Crippen LogP contribution < -0.4 is 10.9 Å². The molecular weight excluding hydrogens is 534 g/mol. The molecule has 2 aliphatic rings. The molecule has 43 heavy (non-hydrogen) atoms. The third kappa shape index (κ3) is 5.74. The Balaban J connectivity index is 1.58. The van der Waals surface area contributed by atoms with E-state index in [0.29, 0.717) is 41.5 Å². The number of hydrogen-bond donors (Lipinski definition) is 1. The molecule has 4 aromatic rings. The van der Waals surface area contributed by atoms with E-state index in [1.165, 1.54) is 18.4 Å². The van der Waals surface area contributed by atoms with E-state index < -0.39 is 0 Å². The summed E-state index contributed by atoms with van der Waals surface area (Å²) in [5, 5.41) is 8.22. The first-order valence-electron chi connectivity index (χ1n) is 15.6. The van der Waals surface area contributed by atoms with Gasteiger partial charge in [0.15, 0.2) is 0 Å². The molecule has 0 radical (unpaired) electrons. The number of piperazine rings is 1. The van der Waals surface area contributed by atoms with Gasteiger partial charge in [-0.05, 0) is 92.5 Å². The van der Waals surface area contributed by atoms with Gasteiger partial charge >= 0.3 is 0 Å². The average Bonchev–Trinajstić information content (AvgIpc) is 3.77. The molecule has 0 atom stereocenters. The number of pyridine rings is 1. The van der Waals surface area contributed by atoms with Crippen LogP contribution in [0.25, 0.3) is 28.7 Å². The molecule has 6 rings (SSSR count). The number of carbonyl (C=O) groups is 1. The molecule has 0 unspecified atom stereocenters. The van der Waals surface area contributed by atoms with Gasteiger partial charge in [0.25, 0.3) is 11.5 Å². The Kier molecular flexibility index (Phi) is 8.17. The van der Waals surface area contributed by atoms with Crippen molar-refractivity contribution in [1.29, 1.82) is 0 Å². The van der Waals surface area contributed by atoms with Crippen LogP contribution in [-0.4, -0.2) is 51.3 Å².